The molecule has 1 saturated heterocycles. The van der Waals surface area contributed by atoms with Gasteiger partial charge in [0.15, 0.2) is 0 Å². The van der Waals surface area contributed by atoms with Crippen LogP contribution in [0.25, 0.3) is 0 Å². The fraction of sp³-hybridized carbons (Fsp3) is 0.500. The Morgan fingerprint density at radius 3 is 2.80 bits per heavy atom. The highest BCUT2D eigenvalue weighted by Crippen LogP contribution is 2.25. The van der Waals surface area contributed by atoms with Gasteiger partial charge in [-0.05, 0) is 50.0 Å². The molecule has 4 nitrogen and oxygen atoms in total. The Labute approximate surface area is 129 Å². The second-order valence-corrected chi connectivity index (χ2v) is 5.97. The summed E-state index contributed by atoms with van der Waals surface area (Å²) in [7, 11) is 1.80. The Morgan fingerprint density at radius 2 is 2.10 bits per heavy atom. The van der Waals surface area contributed by atoms with Gasteiger partial charge in [0.25, 0.3) is 0 Å². The Balaban J connectivity index is 1.91. The van der Waals surface area contributed by atoms with E-state index in [2.05, 4.69) is 10.6 Å². The lowest BCUT2D eigenvalue weighted by Crippen LogP contribution is -2.39. The molecule has 0 unspecified atom stereocenters. The minimum absolute atomic E-state index is 0.160. The third-order valence-corrected chi connectivity index (χ3v) is 4.07. The van der Waals surface area contributed by atoms with Crippen LogP contribution >= 0.6 is 23.2 Å². The van der Waals surface area contributed by atoms with Crippen LogP contribution in [-0.2, 0) is 0 Å². The average molecular weight is 316 g/mol. The van der Waals surface area contributed by atoms with E-state index in [9.17, 15) is 4.79 Å². The largest absolute Gasteiger partial charge is 0.327 e. The fourth-order valence-electron chi connectivity index (χ4n) is 2.34. The molecule has 1 aromatic carbocycles. The molecule has 0 spiro atoms. The summed E-state index contributed by atoms with van der Waals surface area (Å²) < 4.78 is 0. The average Bonchev–Trinajstić information content (AvgIpc) is 2.44. The van der Waals surface area contributed by atoms with Crippen molar-refractivity contribution in [3.05, 3.63) is 28.2 Å². The molecule has 0 aromatic heterocycles. The Morgan fingerprint density at radius 1 is 1.40 bits per heavy atom. The van der Waals surface area contributed by atoms with E-state index in [1.54, 1.807) is 30.1 Å². The van der Waals surface area contributed by atoms with Gasteiger partial charge in [0.2, 0.25) is 0 Å². The van der Waals surface area contributed by atoms with Gasteiger partial charge in [0.05, 0.1) is 10.7 Å². The maximum Gasteiger partial charge on any atom is 0.321 e. The van der Waals surface area contributed by atoms with Crippen molar-refractivity contribution >= 4 is 34.9 Å². The number of piperidine rings is 1. The van der Waals surface area contributed by atoms with Crippen LogP contribution in [0.2, 0.25) is 10.0 Å². The first-order chi connectivity index (χ1) is 9.56. The van der Waals surface area contributed by atoms with Crippen molar-refractivity contribution in [3.63, 3.8) is 0 Å². The van der Waals surface area contributed by atoms with E-state index in [-0.39, 0.29) is 6.03 Å². The van der Waals surface area contributed by atoms with Crippen LogP contribution in [-0.4, -0.2) is 37.6 Å². The Kier molecular flexibility index (Phi) is 5.52. The summed E-state index contributed by atoms with van der Waals surface area (Å²) in [5.74, 6) is 0.557. The fourth-order valence-corrected chi connectivity index (χ4v) is 2.68. The SMILES string of the molecule is CN(CC1CCNCC1)C(=O)Nc1cc(Cl)ccc1Cl. The van der Waals surface area contributed by atoms with Gasteiger partial charge < -0.3 is 15.5 Å². The van der Waals surface area contributed by atoms with E-state index in [1.807, 2.05) is 0 Å². The number of carbonyl (C=O) groups is 1. The maximum absolute atomic E-state index is 12.1. The topological polar surface area (TPSA) is 44.4 Å². The molecule has 110 valence electrons. The minimum Gasteiger partial charge on any atom is -0.327 e. The van der Waals surface area contributed by atoms with Gasteiger partial charge in [-0.2, -0.15) is 0 Å². The Hall–Kier alpha value is -0.970. The normalized spacial score (nSPS) is 15.9. The maximum atomic E-state index is 12.1. The zero-order chi connectivity index (χ0) is 14.5. The van der Waals surface area contributed by atoms with E-state index in [1.165, 1.54) is 0 Å². The first kappa shape index (κ1) is 15.4. The number of nitrogens with one attached hydrogen (secondary N) is 2. The predicted octanol–water partition coefficient (Wildman–Crippen LogP) is 3.46. The molecule has 1 heterocycles. The summed E-state index contributed by atoms with van der Waals surface area (Å²) >= 11 is 11.9. The third kappa shape index (κ3) is 4.27. The van der Waals surface area contributed by atoms with Gasteiger partial charge in [0.1, 0.15) is 0 Å². The lowest BCUT2D eigenvalue weighted by molar-refractivity contribution is 0.206. The number of carbonyl (C=O) groups excluding carboxylic acids is 1. The minimum atomic E-state index is -0.160. The van der Waals surface area contributed by atoms with Gasteiger partial charge in [-0.25, -0.2) is 4.79 Å². The summed E-state index contributed by atoms with van der Waals surface area (Å²) in [5.41, 5.74) is 0.543. The van der Waals surface area contributed by atoms with Crippen LogP contribution < -0.4 is 10.6 Å². The summed E-state index contributed by atoms with van der Waals surface area (Å²) in [6.07, 6.45) is 2.21. The van der Waals surface area contributed by atoms with Crippen LogP contribution in [0.1, 0.15) is 12.8 Å². The number of anilines is 1. The number of hydrogen-bond acceptors (Lipinski definition) is 2. The van der Waals surface area contributed by atoms with Crippen LogP contribution in [0.4, 0.5) is 10.5 Å². The molecular formula is C14H19Cl2N3O. The quantitative estimate of drug-likeness (QED) is 0.897. The smallest absolute Gasteiger partial charge is 0.321 e. The standard InChI is InChI=1S/C14H19Cl2N3O/c1-19(9-10-4-6-17-7-5-10)14(20)18-13-8-11(15)2-3-12(13)16/h2-3,8,10,17H,4-7,9H2,1H3,(H,18,20). The monoisotopic (exact) mass is 315 g/mol. The molecule has 0 atom stereocenters. The third-order valence-electron chi connectivity index (χ3n) is 3.51. The van der Waals surface area contributed by atoms with Crippen molar-refractivity contribution in [3.8, 4) is 0 Å². The first-order valence-electron chi connectivity index (χ1n) is 6.74. The molecule has 20 heavy (non-hydrogen) atoms. The molecule has 0 radical (unpaired) electrons. The molecule has 1 aromatic rings. The molecule has 2 rings (SSSR count). The number of nitrogens with zero attached hydrogens (tertiary/aromatic N) is 1. The van der Waals surface area contributed by atoms with Crippen molar-refractivity contribution in [1.29, 1.82) is 0 Å². The number of benzene rings is 1. The highest BCUT2D eigenvalue weighted by molar-refractivity contribution is 6.35. The number of urea groups is 1. The van der Waals surface area contributed by atoms with Crippen LogP contribution in [0.15, 0.2) is 18.2 Å². The van der Waals surface area contributed by atoms with E-state index < -0.39 is 0 Å². The molecular weight excluding hydrogens is 297 g/mol. The number of hydrogen-bond donors (Lipinski definition) is 2. The van der Waals surface area contributed by atoms with Gasteiger partial charge in [-0.1, -0.05) is 23.2 Å². The summed E-state index contributed by atoms with van der Waals surface area (Å²) in [4.78, 5) is 13.8. The molecule has 0 bridgehead atoms. The number of rotatable bonds is 3. The highest BCUT2D eigenvalue weighted by Gasteiger charge is 2.18. The van der Waals surface area contributed by atoms with Gasteiger partial charge in [0, 0.05) is 18.6 Å². The van der Waals surface area contributed by atoms with E-state index in [4.69, 9.17) is 23.2 Å². The van der Waals surface area contributed by atoms with Crippen LogP contribution in [0.3, 0.4) is 0 Å². The molecule has 6 heteroatoms. The van der Waals surface area contributed by atoms with Crippen molar-refractivity contribution < 1.29 is 4.79 Å². The van der Waals surface area contributed by atoms with Gasteiger partial charge in [-0.15, -0.1) is 0 Å². The molecule has 0 aliphatic carbocycles. The van der Waals surface area contributed by atoms with Crippen molar-refractivity contribution in [2.24, 2.45) is 5.92 Å². The van der Waals surface area contributed by atoms with Crippen LogP contribution in [0, 0.1) is 5.92 Å². The zero-order valence-electron chi connectivity index (χ0n) is 11.5. The van der Waals surface area contributed by atoms with E-state index >= 15 is 0 Å². The molecule has 1 fully saturated rings. The summed E-state index contributed by atoms with van der Waals surface area (Å²) in [6.45, 7) is 2.81. The zero-order valence-corrected chi connectivity index (χ0v) is 13.0. The lowest BCUT2D eigenvalue weighted by Gasteiger charge is -2.27. The van der Waals surface area contributed by atoms with Crippen molar-refractivity contribution in [2.45, 2.75) is 12.8 Å². The predicted molar refractivity (Wildman–Crippen MR) is 83.7 cm³/mol. The molecule has 0 saturated carbocycles. The van der Waals surface area contributed by atoms with Crippen molar-refractivity contribution in [2.75, 3.05) is 32.0 Å². The number of halogens is 2. The van der Waals surface area contributed by atoms with E-state index in [0.717, 1.165) is 32.5 Å². The van der Waals surface area contributed by atoms with Gasteiger partial charge >= 0.3 is 6.03 Å². The molecule has 2 N–H and O–H groups in total. The van der Waals surface area contributed by atoms with Gasteiger partial charge in [-0.3, -0.25) is 0 Å². The van der Waals surface area contributed by atoms with E-state index in [0.29, 0.717) is 21.7 Å². The second kappa shape index (κ2) is 7.16. The Bertz CT molecular complexity index is 475. The second-order valence-electron chi connectivity index (χ2n) is 5.13. The summed E-state index contributed by atoms with van der Waals surface area (Å²) in [5, 5.41) is 7.15. The molecule has 2 amide bonds. The first-order valence-corrected chi connectivity index (χ1v) is 7.49. The van der Waals surface area contributed by atoms with Crippen molar-refractivity contribution in [1.82, 2.24) is 10.2 Å². The van der Waals surface area contributed by atoms with Crippen LogP contribution in [0.5, 0.6) is 0 Å². The molecule has 1 aliphatic rings. The molecule has 1 aliphatic heterocycles. The highest BCUT2D eigenvalue weighted by atomic mass is 35.5. The lowest BCUT2D eigenvalue weighted by atomic mass is 9.98. The number of amides is 2. The summed E-state index contributed by atoms with van der Waals surface area (Å²) in [6, 6.07) is 4.86.